The van der Waals surface area contributed by atoms with Crippen molar-refractivity contribution in [2.45, 2.75) is 44.6 Å². The second kappa shape index (κ2) is 12.6. The number of carbonyl (C=O) groups is 2. The van der Waals surface area contributed by atoms with Crippen molar-refractivity contribution in [2.75, 3.05) is 19.6 Å². The summed E-state index contributed by atoms with van der Waals surface area (Å²) in [5.74, 6) is -0.108. The SMILES string of the molecule is O=C(NCCCCC(C(=O)N/N=C/c1ccccc1)N1CCCCC1)c1ccccc1. The number of hydrazone groups is 1. The summed E-state index contributed by atoms with van der Waals surface area (Å²) in [6.45, 7) is 2.50. The third-order valence-electron chi connectivity index (χ3n) is 5.55. The summed E-state index contributed by atoms with van der Waals surface area (Å²) in [4.78, 5) is 27.3. The van der Waals surface area contributed by atoms with Gasteiger partial charge in [0.2, 0.25) is 0 Å². The van der Waals surface area contributed by atoms with Crippen molar-refractivity contribution in [1.29, 1.82) is 0 Å². The topological polar surface area (TPSA) is 73.8 Å². The molecular weight excluding hydrogens is 388 g/mol. The maximum atomic E-state index is 12.9. The molecule has 3 rings (SSSR count). The number of likely N-dealkylation sites (tertiary alicyclic amines) is 1. The lowest BCUT2D eigenvalue weighted by molar-refractivity contribution is -0.127. The number of nitrogens with zero attached hydrogens (tertiary/aromatic N) is 2. The van der Waals surface area contributed by atoms with E-state index in [9.17, 15) is 9.59 Å². The molecule has 164 valence electrons. The van der Waals surface area contributed by atoms with Crippen LogP contribution in [0.25, 0.3) is 0 Å². The van der Waals surface area contributed by atoms with E-state index in [0.717, 1.165) is 50.8 Å². The number of piperidine rings is 1. The normalized spacial score (nSPS) is 15.5. The zero-order valence-corrected chi connectivity index (χ0v) is 18.0. The molecule has 2 amide bonds. The van der Waals surface area contributed by atoms with Crippen LogP contribution in [0.4, 0.5) is 0 Å². The lowest BCUT2D eigenvalue weighted by Crippen LogP contribution is -2.47. The molecule has 0 aliphatic carbocycles. The molecule has 2 N–H and O–H groups in total. The highest BCUT2D eigenvalue weighted by Gasteiger charge is 2.26. The van der Waals surface area contributed by atoms with Crippen LogP contribution in [0.5, 0.6) is 0 Å². The molecule has 1 fully saturated rings. The second-order valence-corrected chi connectivity index (χ2v) is 7.88. The Morgan fingerprint density at radius 2 is 1.61 bits per heavy atom. The number of rotatable bonds is 10. The molecule has 1 heterocycles. The smallest absolute Gasteiger partial charge is 0.257 e. The fraction of sp³-hybridized carbons (Fsp3) is 0.400. The summed E-state index contributed by atoms with van der Waals surface area (Å²) in [6.07, 6.45) is 7.62. The number of benzene rings is 2. The molecule has 2 aromatic carbocycles. The highest BCUT2D eigenvalue weighted by molar-refractivity contribution is 5.94. The molecule has 6 heteroatoms. The molecule has 6 nitrogen and oxygen atoms in total. The highest BCUT2D eigenvalue weighted by Crippen LogP contribution is 2.16. The van der Waals surface area contributed by atoms with Gasteiger partial charge < -0.3 is 5.32 Å². The van der Waals surface area contributed by atoms with Gasteiger partial charge in [-0.3, -0.25) is 14.5 Å². The molecule has 0 spiro atoms. The average molecular weight is 421 g/mol. The van der Waals surface area contributed by atoms with Crippen LogP contribution in [0, 0.1) is 0 Å². The summed E-state index contributed by atoms with van der Waals surface area (Å²) in [5, 5.41) is 7.11. The van der Waals surface area contributed by atoms with E-state index in [1.165, 1.54) is 6.42 Å². The van der Waals surface area contributed by atoms with Crippen LogP contribution < -0.4 is 10.7 Å². The van der Waals surface area contributed by atoms with Gasteiger partial charge in [0, 0.05) is 12.1 Å². The van der Waals surface area contributed by atoms with Gasteiger partial charge in [0.05, 0.1) is 12.3 Å². The maximum absolute atomic E-state index is 12.9. The monoisotopic (exact) mass is 420 g/mol. The van der Waals surface area contributed by atoms with Crippen molar-refractivity contribution in [1.82, 2.24) is 15.6 Å². The summed E-state index contributed by atoms with van der Waals surface area (Å²) >= 11 is 0. The van der Waals surface area contributed by atoms with Crippen LogP contribution >= 0.6 is 0 Å². The Morgan fingerprint density at radius 3 is 2.32 bits per heavy atom. The first-order valence-corrected chi connectivity index (χ1v) is 11.2. The molecule has 1 atom stereocenters. The Balaban J connectivity index is 1.46. The summed E-state index contributed by atoms with van der Waals surface area (Å²) < 4.78 is 0. The summed E-state index contributed by atoms with van der Waals surface area (Å²) in [7, 11) is 0. The molecule has 1 aliphatic rings. The molecule has 1 unspecified atom stereocenters. The quantitative estimate of drug-likeness (QED) is 0.350. The zero-order valence-electron chi connectivity index (χ0n) is 18.0. The number of hydrogen-bond donors (Lipinski definition) is 2. The van der Waals surface area contributed by atoms with Crippen molar-refractivity contribution in [2.24, 2.45) is 5.10 Å². The van der Waals surface area contributed by atoms with Crippen LogP contribution in [0.15, 0.2) is 65.8 Å². The summed E-state index contributed by atoms with van der Waals surface area (Å²) in [6, 6.07) is 18.8. The van der Waals surface area contributed by atoms with Crippen molar-refractivity contribution >= 4 is 18.0 Å². The lowest BCUT2D eigenvalue weighted by Gasteiger charge is -2.33. The predicted octanol–water partition coefficient (Wildman–Crippen LogP) is 3.59. The molecule has 0 aromatic heterocycles. The van der Waals surface area contributed by atoms with Gasteiger partial charge in [0.1, 0.15) is 0 Å². The van der Waals surface area contributed by atoms with E-state index in [2.05, 4.69) is 20.7 Å². The van der Waals surface area contributed by atoms with Crippen molar-refractivity contribution in [3.8, 4) is 0 Å². The number of hydrogen-bond acceptors (Lipinski definition) is 4. The predicted molar refractivity (Wildman–Crippen MR) is 124 cm³/mol. The van der Waals surface area contributed by atoms with Gasteiger partial charge in [-0.05, 0) is 62.9 Å². The zero-order chi connectivity index (χ0) is 21.7. The Kier molecular flexibility index (Phi) is 9.26. The van der Waals surface area contributed by atoms with Gasteiger partial charge in [0.25, 0.3) is 11.8 Å². The van der Waals surface area contributed by atoms with Gasteiger partial charge in [-0.15, -0.1) is 0 Å². The molecule has 1 saturated heterocycles. The minimum Gasteiger partial charge on any atom is -0.352 e. The van der Waals surface area contributed by atoms with E-state index in [1.54, 1.807) is 6.21 Å². The molecule has 2 aromatic rings. The Bertz CT molecular complexity index is 833. The molecule has 0 saturated carbocycles. The maximum Gasteiger partial charge on any atom is 0.257 e. The van der Waals surface area contributed by atoms with E-state index >= 15 is 0 Å². The highest BCUT2D eigenvalue weighted by atomic mass is 16.2. The molecule has 31 heavy (non-hydrogen) atoms. The number of nitrogens with one attached hydrogen (secondary N) is 2. The Labute approximate surface area is 184 Å². The number of carbonyl (C=O) groups excluding carboxylic acids is 2. The third-order valence-corrected chi connectivity index (χ3v) is 5.55. The fourth-order valence-corrected chi connectivity index (χ4v) is 3.85. The second-order valence-electron chi connectivity index (χ2n) is 7.88. The lowest BCUT2D eigenvalue weighted by atomic mass is 10.0. The van der Waals surface area contributed by atoms with Crippen molar-refractivity contribution in [3.63, 3.8) is 0 Å². The van der Waals surface area contributed by atoms with E-state index in [-0.39, 0.29) is 17.9 Å². The van der Waals surface area contributed by atoms with Crippen LogP contribution in [0.1, 0.15) is 54.4 Å². The first-order valence-electron chi connectivity index (χ1n) is 11.2. The average Bonchev–Trinajstić information content (AvgIpc) is 2.83. The van der Waals surface area contributed by atoms with Gasteiger partial charge >= 0.3 is 0 Å². The van der Waals surface area contributed by atoms with E-state index < -0.39 is 0 Å². The standard InChI is InChI=1S/C25H32N4O2/c30-24(22-14-6-2-7-15-22)26-17-9-8-16-23(29-18-10-3-11-19-29)25(31)28-27-20-21-12-4-1-5-13-21/h1-2,4-7,12-15,20,23H,3,8-11,16-19H2,(H,26,30)(H,28,31)/b27-20+. The van der Waals surface area contributed by atoms with Gasteiger partial charge in [0.15, 0.2) is 0 Å². The minimum atomic E-state index is -0.182. The van der Waals surface area contributed by atoms with Crippen molar-refractivity contribution in [3.05, 3.63) is 71.8 Å². The summed E-state index contributed by atoms with van der Waals surface area (Å²) in [5.41, 5.74) is 4.35. The third kappa shape index (κ3) is 7.64. The van der Waals surface area contributed by atoms with E-state index in [4.69, 9.17) is 0 Å². The van der Waals surface area contributed by atoms with Gasteiger partial charge in [-0.2, -0.15) is 5.10 Å². The minimum absolute atomic E-state index is 0.0533. The molecule has 0 radical (unpaired) electrons. The molecule has 1 aliphatic heterocycles. The van der Waals surface area contributed by atoms with Gasteiger partial charge in [-0.25, -0.2) is 5.43 Å². The Hall–Kier alpha value is -2.99. The number of amides is 2. The van der Waals surface area contributed by atoms with Crippen LogP contribution in [-0.2, 0) is 4.79 Å². The number of unbranched alkanes of at least 4 members (excludes halogenated alkanes) is 1. The molecular formula is C25H32N4O2. The Morgan fingerprint density at radius 1 is 0.935 bits per heavy atom. The molecule has 0 bridgehead atoms. The van der Waals surface area contributed by atoms with E-state index in [1.807, 2.05) is 60.7 Å². The van der Waals surface area contributed by atoms with Crippen molar-refractivity contribution < 1.29 is 9.59 Å². The fourth-order valence-electron chi connectivity index (χ4n) is 3.85. The van der Waals surface area contributed by atoms with Crippen LogP contribution in [0.2, 0.25) is 0 Å². The van der Waals surface area contributed by atoms with E-state index in [0.29, 0.717) is 12.1 Å². The first-order chi connectivity index (χ1) is 15.2. The largest absolute Gasteiger partial charge is 0.352 e. The first kappa shape index (κ1) is 22.7. The van der Waals surface area contributed by atoms with Crippen LogP contribution in [0.3, 0.4) is 0 Å². The van der Waals surface area contributed by atoms with Gasteiger partial charge in [-0.1, -0.05) is 55.0 Å². The van der Waals surface area contributed by atoms with Crippen LogP contribution in [-0.4, -0.2) is 48.6 Å².